The fourth-order valence-electron chi connectivity index (χ4n) is 2.90. The van der Waals surface area contributed by atoms with E-state index in [-0.39, 0.29) is 11.3 Å². The summed E-state index contributed by atoms with van der Waals surface area (Å²) in [5.74, 6) is -3.21. The first kappa shape index (κ1) is 24.6. The van der Waals surface area contributed by atoms with Crippen LogP contribution in [0.4, 0.5) is 11.4 Å². The molecular formula is C25H22N4O6. The van der Waals surface area contributed by atoms with Crippen LogP contribution in [0.5, 0.6) is 5.75 Å². The van der Waals surface area contributed by atoms with Gasteiger partial charge in [0.05, 0.1) is 17.5 Å². The Bertz CT molecular complexity index is 1270. The Morgan fingerprint density at radius 1 is 0.914 bits per heavy atom. The maximum atomic E-state index is 12.7. The SMILES string of the molecule is Cc1cccc(NC(=O)c2ccccc2NC(=O)C(=O)N/N=C/c2ccc(OCC(=O)O)cc2)c1. The number of carbonyl (C=O) groups excluding carboxylic acids is 3. The summed E-state index contributed by atoms with van der Waals surface area (Å²) in [7, 11) is 0. The molecule has 0 saturated heterocycles. The molecule has 0 spiro atoms. The molecule has 3 amide bonds. The molecule has 0 fully saturated rings. The van der Waals surface area contributed by atoms with Crippen LogP contribution in [0.15, 0.2) is 77.9 Å². The normalized spacial score (nSPS) is 10.4. The summed E-state index contributed by atoms with van der Waals surface area (Å²) < 4.78 is 5.02. The quantitative estimate of drug-likeness (QED) is 0.224. The van der Waals surface area contributed by atoms with Gasteiger partial charge in [0.15, 0.2) is 6.61 Å². The van der Waals surface area contributed by atoms with Gasteiger partial charge in [0.1, 0.15) is 5.75 Å². The van der Waals surface area contributed by atoms with Gasteiger partial charge in [0.25, 0.3) is 5.91 Å². The zero-order chi connectivity index (χ0) is 25.2. The Labute approximate surface area is 200 Å². The second-order valence-electron chi connectivity index (χ2n) is 7.27. The minimum atomic E-state index is -1.09. The Hall–Kier alpha value is -4.99. The number of carbonyl (C=O) groups is 4. The molecule has 0 unspecified atom stereocenters. The van der Waals surface area contributed by atoms with Crippen molar-refractivity contribution >= 4 is 41.3 Å². The predicted molar refractivity (Wildman–Crippen MR) is 130 cm³/mol. The van der Waals surface area contributed by atoms with E-state index < -0.39 is 30.3 Å². The maximum absolute atomic E-state index is 12.7. The zero-order valence-electron chi connectivity index (χ0n) is 18.6. The number of ether oxygens (including phenoxy) is 1. The number of nitrogens with one attached hydrogen (secondary N) is 3. The van der Waals surface area contributed by atoms with E-state index in [1.165, 1.54) is 30.5 Å². The van der Waals surface area contributed by atoms with Crippen molar-refractivity contribution in [1.82, 2.24) is 5.43 Å². The van der Waals surface area contributed by atoms with Crippen LogP contribution in [0.1, 0.15) is 21.5 Å². The number of hydrogen-bond donors (Lipinski definition) is 4. The van der Waals surface area contributed by atoms with Crippen LogP contribution in [-0.4, -0.2) is 41.6 Å². The molecule has 3 rings (SSSR count). The highest BCUT2D eigenvalue weighted by Gasteiger charge is 2.17. The summed E-state index contributed by atoms with van der Waals surface area (Å²) in [6.07, 6.45) is 1.30. The van der Waals surface area contributed by atoms with E-state index in [4.69, 9.17) is 9.84 Å². The van der Waals surface area contributed by atoms with Crippen LogP contribution < -0.4 is 20.8 Å². The summed E-state index contributed by atoms with van der Waals surface area (Å²) in [5.41, 5.74) is 4.61. The topological polar surface area (TPSA) is 146 Å². The lowest BCUT2D eigenvalue weighted by molar-refractivity contribution is -0.139. The highest BCUT2D eigenvalue weighted by atomic mass is 16.5. The van der Waals surface area contributed by atoms with Crippen molar-refractivity contribution in [2.75, 3.05) is 17.2 Å². The maximum Gasteiger partial charge on any atom is 0.341 e. The van der Waals surface area contributed by atoms with Crippen LogP contribution in [0.3, 0.4) is 0 Å². The molecule has 0 heterocycles. The lowest BCUT2D eigenvalue weighted by atomic mass is 10.1. The van der Waals surface area contributed by atoms with Crippen molar-refractivity contribution < 1.29 is 29.0 Å². The summed E-state index contributed by atoms with van der Waals surface area (Å²) in [4.78, 5) is 47.7. The van der Waals surface area contributed by atoms with Gasteiger partial charge >= 0.3 is 17.8 Å². The van der Waals surface area contributed by atoms with Gasteiger partial charge in [0.2, 0.25) is 0 Å². The standard InChI is InChI=1S/C25H22N4O6/c1-16-5-4-6-18(13-16)27-23(32)20-7-2-3-8-21(20)28-24(33)25(34)29-26-14-17-9-11-19(12-10-17)35-15-22(30)31/h2-14H,15H2,1H3,(H,27,32)(H,28,33)(H,29,34)(H,30,31)/b26-14+. The van der Waals surface area contributed by atoms with Gasteiger partial charge in [-0.2, -0.15) is 5.10 Å². The molecule has 0 aromatic heterocycles. The predicted octanol–water partition coefficient (Wildman–Crippen LogP) is 2.80. The van der Waals surface area contributed by atoms with Gasteiger partial charge in [0, 0.05) is 5.69 Å². The molecule has 3 aromatic carbocycles. The molecule has 3 aromatic rings. The van der Waals surface area contributed by atoms with Crippen LogP contribution in [0.25, 0.3) is 0 Å². The van der Waals surface area contributed by atoms with E-state index in [0.29, 0.717) is 17.0 Å². The van der Waals surface area contributed by atoms with Crippen molar-refractivity contribution in [2.24, 2.45) is 5.10 Å². The molecule has 0 saturated carbocycles. The number of benzene rings is 3. The smallest absolute Gasteiger partial charge is 0.341 e. The van der Waals surface area contributed by atoms with E-state index in [1.807, 2.05) is 19.1 Å². The van der Waals surface area contributed by atoms with Crippen LogP contribution in [0.2, 0.25) is 0 Å². The van der Waals surface area contributed by atoms with Gasteiger partial charge in [-0.3, -0.25) is 14.4 Å². The summed E-state index contributed by atoms with van der Waals surface area (Å²) >= 11 is 0. The van der Waals surface area contributed by atoms with Crippen molar-refractivity contribution in [1.29, 1.82) is 0 Å². The second-order valence-corrected chi connectivity index (χ2v) is 7.27. The highest BCUT2D eigenvalue weighted by Crippen LogP contribution is 2.18. The van der Waals surface area contributed by atoms with Gasteiger partial charge in [-0.25, -0.2) is 10.2 Å². The molecule has 0 atom stereocenters. The second kappa shape index (κ2) is 11.8. The lowest BCUT2D eigenvalue weighted by Crippen LogP contribution is -2.33. The molecule has 0 bridgehead atoms. The third kappa shape index (κ3) is 7.53. The molecule has 35 heavy (non-hydrogen) atoms. The average molecular weight is 474 g/mol. The summed E-state index contributed by atoms with van der Waals surface area (Å²) in [6.45, 7) is 1.44. The van der Waals surface area contributed by atoms with Crippen molar-refractivity contribution in [3.63, 3.8) is 0 Å². The Balaban J connectivity index is 1.57. The molecule has 178 valence electrons. The van der Waals surface area contributed by atoms with E-state index in [0.717, 1.165) is 5.56 Å². The number of carboxylic acids is 1. The first-order valence-corrected chi connectivity index (χ1v) is 10.4. The number of aryl methyl sites for hydroxylation is 1. The largest absolute Gasteiger partial charge is 0.482 e. The number of nitrogens with zero attached hydrogens (tertiary/aromatic N) is 1. The van der Waals surface area contributed by atoms with Crippen LogP contribution in [0, 0.1) is 6.92 Å². The van der Waals surface area contributed by atoms with Gasteiger partial charge in [-0.1, -0.05) is 24.3 Å². The number of aliphatic carboxylic acids is 1. The van der Waals surface area contributed by atoms with E-state index in [2.05, 4.69) is 21.2 Å². The summed E-state index contributed by atoms with van der Waals surface area (Å²) in [5, 5.41) is 17.5. The zero-order valence-corrected chi connectivity index (χ0v) is 18.6. The number of para-hydroxylation sites is 1. The van der Waals surface area contributed by atoms with Crippen molar-refractivity contribution in [3.05, 3.63) is 89.5 Å². The number of amides is 3. The van der Waals surface area contributed by atoms with Crippen LogP contribution in [-0.2, 0) is 14.4 Å². The van der Waals surface area contributed by atoms with E-state index in [1.54, 1.807) is 36.4 Å². The first-order chi connectivity index (χ1) is 16.8. The Morgan fingerprint density at radius 2 is 1.66 bits per heavy atom. The minimum absolute atomic E-state index is 0.165. The molecule has 0 aliphatic rings. The Kier molecular flexibility index (Phi) is 8.28. The first-order valence-electron chi connectivity index (χ1n) is 10.4. The third-order valence-corrected chi connectivity index (χ3v) is 4.52. The molecule has 4 N–H and O–H groups in total. The highest BCUT2D eigenvalue weighted by molar-refractivity contribution is 6.40. The van der Waals surface area contributed by atoms with Crippen molar-refractivity contribution in [3.8, 4) is 5.75 Å². The molecule has 0 aliphatic carbocycles. The van der Waals surface area contributed by atoms with Crippen molar-refractivity contribution in [2.45, 2.75) is 6.92 Å². The Morgan fingerprint density at radius 3 is 2.37 bits per heavy atom. The van der Waals surface area contributed by atoms with Gasteiger partial charge in [-0.05, 0) is 66.6 Å². The van der Waals surface area contributed by atoms with Gasteiger partial charge < -0.3 is 20.5 Å². The van der Waals surface area contributed by atoms with Gasteiger partial charge in [-0.15, -0.1) is 0 Å². The molecule has 10 heteroatoms. The van der Waals surface area contributed by atoms with E-state index >= 15 is 0 Å². The number of anilines is 2. The molecular weight excluding hydrogens is 452 g/mol. The van der Waals surface area contributed by atoms with Crippen LogP contribution >= 0.6 is 0 Å². The number of carboxylic acid groups (broad SMARTS) is 1. The molecule has 0 radical (unpaired) electrons. The lowest BCUT2D eigenvalue weighted by Gasteiger charge is -2.11. The average Bonchev–Trinajstić information content (AvgIpc) is 2.83. The number of hydrazone groups is 1. The number of hydrogen-bond acceptors (Lipinski definition) is 6. The number of rotatable bonds is 8. The van der Waals surface area contributed by atoms with E-state index in [9.17, 15) is 19.2 Å². The fourth-order valence-corrected chi connectivity index (χ4v) is 2.90. The molecule has 10 nitrogen and oxygen atoms in total. The minimum Gasteiger partial charge on any atom is -0.482 e. The summed E-state index contributed by atoms with van der Waals surface area (Å²) in [6, 6.07) is 19.8. The monoisotopic (exact) mass is 474 g/mol. The molecule has 0 aliphatic heterocycles. The fraction of sp³-hybridized carbons (Fsp3) is 0.0800. The third-order valence-electron chi connectivity index (χ3n) is 4.52.